The molecule has 2 heterocycles. The van der Waals surface area contributed by atoms with E-state index < -0.39 is 22.8 Å². The second-order valence-corrected chi connectivity index (χ2v) is 9.07. The van der Waals surface area contributed by atoms with Crippen molar-refractivity contribution in [2.24, 2.45) is 17.8 Å². The Balaban J connectivity index is 1.72. The van der Waals surface area contributed by atoms with Crippen molar-refractivity contribution in [2.75, 3.05) is 0 Å². The Kier molecular flexibility index (Phi) is 3.75. The van der Waals surface area contributed by atoms with Crippen LogP contribution in [0.4, 0.5) is 0 Å². The molecular weight excluding hydrogens is 360 g/mol. The maximum Gasteiger partial charge on any atom is 0.333 e. The lowest BCUT2D eigenvalue weighted by Crippen LogP contribution is -2.47. The van der Waals surface area contributed by atoms with Gasteiger partial charge in [-0.1, -0.05) is 6.92 Å². The third kappa shape index (κ3) is 2.21. The molecule has 6 rings (SSSR count). The Labute approximate surface area is 161 Å². The van der Waals surface area contributed by atoms with Crippen molar-refractivity contribution in [2.45, 2.75) is 70.6 Å². The standard InChI is InChI=1S/C20H26N4O4/c1-3-4-23-16-14(17(27)24(19(23)28)9-10(2)25)21-18(22-16)20-7-12-5-11(15(20)26)6-13(12)8-20/h11-13,15,26H,3-9H2,1-2H3,(H,21,22). The molecule has 0 aliphatic heterocycles. The Morgan fingerprint density at radius 3 is 2.50 bits per heavy atom. The fourth-order valence-corrected chi connectivity index (χ4v) is 6.25. The predicted molar refractivity (Wildman–Crippen MR) is 102 cm³/mol. The van der Waals surface area contributed by atoms with Crippen LogP contribution in [0.3, 0.4) is 0 Å². The number of hydrogen-bond acceptors (Lipinski definition) is 5. The molecule has 4 bridgehead atoms. The van der Waals surface area contributed by atoms with Crippen LogP contribution < -0.4 is 11.2 Å². The van der Waals surface area contributed by atoms with Crippen LogP contribution in [0.1, 0.15) is 51.8 Å². The van der Waals surface area contributed by atoms with E-state index in [9.17, 15) is 19.5 Å². The molecule has 4 fully saturated rings. The van der Waals surface area contributed by atoms with Gasteiger partial charge in [0.1, 0.15) is 17.1 Å². The Morgan fingerprint density at radius 1 is 1.21 bits per heavy atom. The molecule has 3 unspecified atom stereocenters. The van der Waals surface area contributed by atoms with Gasteiger partial charge in [0.15, 0.2) is 5.65 Å². The number of carbonyl (C=O) groups excluding carboxylic acids is 1. The van der Waals surface area contributed by atoms with Crippen molar-refractivity contribution in [1.29, 1.82) is 0 Å². The summed E-state index contributed by atoms with van der Waals surface area (Å²) in [5, 5.41) is 11.0. The maximum atomic E-state index is 13.0. The molecule has 8 nitrogen and oxygen atoms in total. The van der Waals surface area contributed by atoms with Gasteiger partial charge in [-0.15, -0.1) is 0 Å². The summed E-state index contributed by atoms with van der Waals surface area (Å²) in [5.74, 6) is 1.93. The number of fused-ring (bicyclic) bond motifs is 1. The molecule has 150 valence electrons. The largest absolute Gasteiger partial charge is 0.392 e. The number of aliphatic hydroxyl groups excluding tert-OH is 1. The lowest BCUT2D eigenvalue weighted by molar-refractivity contribution is -0.117. The summed E-state index contributed by atoms with van der Waals surface area (Å²) in [6.45, 7) is 3.48. The number of aliphatic hydroxyl groups is 1. The molecule has 4 saturated carbocycles. The smallest absolute Gasteiger partial charge is 0.333 e. The first kappa shape index (κ1) is 17.8. The second-order valence-electron chi connectivity index (χ2n) is 9.07. The molecule has 0 saturated heterocycles. The molecule has 8 heteroatoms. The molecule has 2 aromatic rings. The SMILES string of the molecule is CCCn1c(=O)n(CC(C)=O)c(=O)c2[nH]c(C34CC5CC(CC5C3)C4O)nc21. The predicted octanol–water partition coefficient (Wildman–Crippen LogP) is 0.934. The molecular formula is C20H26N4O4. The molecule has 2 aromatic heterocycles. The number of Topliss-reactive ketones (excluding diaryl/α,β-unsaturated/α-hetero) is 1. The third-order valence-corrected chi connectivity index (χ3v) is 7.30. The van der Waals surface area contributed by atoms with Crippen LogP contribution in [0, 0.1) is 17.8 Å². The number of aromatic nitrogens is 4. The van der Waals surface area contributed by atoms with Gasteiger partial charge >= 0.3 is 5.69 Å². The third-order valence-electron chi connectivity index (χ3n) is 7.30. The number of aryl methyl sites for hydroxylation is 1. The van der Waals surface area contributed by atoms with E-state index in [1.54, 1.807) is 0 Å². The van der Waals surface area contributed by atoms with Crippen molar-refractivity contribution in [3.63, 3.8) is 0 Å². The average molecular weight is 386 g/mol. The first-order valence-electron chi connectivity index (χ1n) is 10.3. The van der Waals surface area contributed by atoms with Crippen molar-refractivity contribution in [3.05, 3.63) is 26.7 Å². The summed E-state index contributed by atoms with van der Waals surface area (Å²) in [4.78, 5) is 45.3. The number of H-pyrrole nitrogens is 1. The van der Waals surface area contributed by atoms with E-state index in [2.05, 4.69) is 4.98 Å². The van der Waals surface area contributed by atoms with Gasteiger partial charge in [-0.3, -0.25) is 18.7 Å². The molecule has 0 spiro atoms. The highest BCUT2D eigenvalue weighted by atomic mass is 16.3. The van der Waals surface area contributed by atoms with E-state index in [4.69, 9.17) is 4.98 Å². The highest BCUT2D eigenvalue weighted by Crippen LogP contribution is 2.64. The number of ketones is 1. The van der Waals surface area contributed by atoms with Crippen LogP contribution in [-0.2, 0) is 23.3 Å². The number of hydrogen-bond donors (Lipinski definition) is 2. The van der Waals surface area contributed by atoms with E-state index in [0.29, 0.717) is 42.2 Å². The minimum atomic E-state index is -0.511. The summed E-state index contributed by atoms with van der Waals surface area (Å²) in [7, 11) is 0. The fraction of sp³-hybridized carbons (Fsp3) is 0.700. The topological polar surface area (TPSA) is 110 Å². The average Bonchev–Trinajstić information content (AvgIpc) is 3.30. The van der Waals surface area contributed by atoms with Crippen molar-refractivity contribution >= 4 is 16.9 Å². The van der Waals surface area contributed by atoms with Gasteiger partial charge in [0, 0.05) is 6.54 Å². The molecule has 0 radical (unpaired) electrons. The molecule has 2 N–H and O–H groups in total. The van der Waals surface area contributed by atoms with E-state index in [-0.39, 0.29) is 17.8 Å². The van der Waals surface area contributed by atoms with Crippen molar-refractivity contribution < 1.29 is 9.90 Å². The summed E-state index contributed by atoms with van der Waals surface area (Å²) >= 11 is 0. The Bertz CT molecular complexity index is 1080. The Morgan fingerprint density at radius 2 is 1.89 bits per heavy atom. The normalized spacial score (nSPS) is 33.2. The van der Waals surface area contributed by atoms with Gasteiger partial charge in [0.2, 0.25) is 0 Å². The first-order chi connectivity index (χ1) is 13.4. The number of imidazole rings is 1. The van der Waals surface area contributed by atoms with E-state index in [0.717, 1.165) is 30.3 Å². The Hall–Kier alpha value is -2.22. The van der Waals surface area contributed by atoms with E-state index in [1.807, 2.05) is 6.92 Å². The number of carbonyl (C=O) groups is 1. The molecule has 0 amide bonds. The molecule has 3 atom stereocenters. The van der Waals surface area contributed by atoms with Gasteiger partial charge in [-0.2, -0.15) is 0 Å². The van der Waals surface area contributed by atoms with Crippen LogP contribution in [0.2, 0.25) is 0 Å². The first-order valence-corrected chi connectivity index (χ1v) is 10.3. The summed E-state index contributed by atoms with van der Waals surface area (Å²) in [6.07, 6.45) is 4.17. The maximum absolute atomic E-state index is 13.0. The zero-order chi connectivity index (χ0) is 19.8. The zero-order valence-electron chi connectivity index (χ0n) is 16.3. The monoisotopic (exact) mass is 386 g/mol. The van der Waals surface area contributed by atoms with Gasteiger partial charge in [-0.05, 0) is 56.8 Å². The van der Waals surface area contributed by atoms with Crippen LogP contribution >= 0.6 is 0 Å². The molecule has 4 aliphatic rings. The zero-order valence-corrected chi connectivity index (χ0v) is 16.3. The summed E-state index contributed by atoms with van der Waals surface area (Å²) in [6, 6.07) is 0. The quantitative estimate of drug-likeness (QED) is 0.794. The number of nitrogens with zero attached hydrogens (tertiary/aromatic N) is 3. The molecule has 28 heavy (non-hydrogen) atoms. The minimum Gasteiger partial charge on any atom is -0.392 e. The van der Waals surface area contributed by atoms with Gasteiger partial charge in [-0.25, -0.2) is 9.78 Å². The summed E-state index contributed by atoms with van der Waals surface area (Å²) < 4.78 is 2.48. The van der Waals surface area contributed by atoms with Crippen LogP contribution in [0.15, 0.2) is 9.59 Å². The number of rotatable bonds is 5. The minimum absolute atomic E-state index is 0.244. The van der Waals surface area contributed by atoms with Gasteiger partial charge < -0.3 is 10.1 Å². The number of aromatic amines is 1. The number of nitrogens with one attached hydrogen (secondary N) is 1. The fourth-order valence-electron chi connectivity index (χ4n) is 6.25. The second kappa shape index (κ2) is 5.89. The lowest BCUT2D eigenvalue weighted by Gasteiger charge is -2.42. The van der Waals surface area contributed by atoms with Crippen LogP contribution in [-0.4, -0.2) is 36.1 Å². The van der Waals surface area contributed by atoms with E-state index in [1.165, 1.54) is 11.5 Å². The van der Waals surface area contributed by atoms with E-state index >= 15 is 0 Å². The molecule has 0 aromatic carbocycles. The van der Waals surface area contributed by atoms with Crippen molar-refractivity contribution in [1.82, 2.24) is 19.1 Å². The van der Waals surface area contributed by atoms with Gasteiger partial charge in [0.25, 0.3) is 5.56 Å². The summed E-state index contributed by atoms with van der Waals surface area (Å²) in [5.41, 5.74) is -0.853. The molecule has 4 aliphatic carbocycles. The van der Waals surface area contributed by atoms with Crippen molar-refractivity contribution in [3.8, 4) is 0 Å². The lowest BCUT2D eigenvalue weighted by atomic mass is 9.66. The van der Waals surface area contributed by atoms with Crippen LogP contribution in [0.5, 0.6) is 0 Å². The highest BCUT2D eigenvalue weighted by molar-refractivity contribution is 5.76. The van der Waals surface area contributed by atoms with Crippen LogP contribution in [0.25, 0.3) is 11.2 Å². The van der Waals surface area contributed by atoms with Gasteiger partial charge in [0.05, 0.1) is 18.1 Å². The highest BCUT2D eigenvalue weighted by Gasteiger charge is 2.63.